The minimum absolute atomic E-state index is 0.542. The van der Waals surface area contributed by atoms with Crippen molar-refractivity contribution in [3.63, 3.8) is 0 Å². The van der Waals surface area contributed by atoms with Crippen LogP contribution in [0.2, 0.25) is 0 Å². The van der Waals surface area contributed by atoms with Crippen LogP contribution in [-0.2, 0) is 0 Å². The molecule has 0 aliphatic heterocycles. The van der Waals surface area contributed by atoms with Gasteiger partial charge in [0.25, 0.3) is 0 Å². The van der Waals surface area contributed by atoms with Crippen molar-refractivity contribution in [3.8, 4) is 79.7 Å². The van der Waals surface area contributed by atoms with E-state index in [1.54, 1.807) is 0 Å². The highest BCUT2D eigenvalue weighted by atomic mass is 15.2. The van der Waals surface area contributed by atoms with E-state index in [0.717, 1.165) is 88.2 Å². The van der Waals surface area contributed by atoms with Gasteiger partial charge in [0.05, 0.1) is 22.1 Å². The summed E-state index contributed by atoms with van der Waals surface area (Å²) in [5, 5.41) is 4.51. The summed E-state index contributed by atoms with van der Waals surface area (Å²) in [6.45, 7) is 0. The normalized spacial score (nSPS) is 11.5. The Balaban J connectivity index is 0.999. The van der Waals surface area contributed by atoms with Gasteiger partial charge in [-0.2, -0.15) is 9.97 Å². The van der Waals surface area contributed by atoms with Gasteiger partial charge in [-0.15, -0.1) is 0 Å². The zero-order chi connectivity index (χ0) is 45.0. The number of rotatable bonds is 8. The van der Waals surface area contributed by atoms with E-state index in [9.17, 15) is 0 Å². The van der Waals surface area contributed by atoms with E-state index in [1.165, 1.54) is 0 Å². The average Bonchev–Trinajstić information content (AvgIpc) is 3.95. The molecule has 318 valence electrons. The largest absolute Gasteiger partial charge is 0.309 e. The summed E-state index contributed by atoms with van der Waals surface area (Å²) in [6.07, 6.45) is 0. The predicted octanol–water partition coefficient (Wildman–Crippen LogP) is 14.3. The van der Waals surface area contributed by atoms with E-state index in [4.69, 9.17) is 29.9 Å². The summed E-state index contributed by atoms with van der Waals surface area (Å²) in [7, 11) is 0. The third-order valence-corrected chi connectivity index (χ3v) is 12.7. The Morgan fingerprint density at radius 1 is 0.235 bits per heavy atom. The van der Waals surface area contributed by atoms with Crippen molar-refractivity contribution in [2.24, 2.45) is 0 Å². The van der Waals surface area contributed by atoms with Crippen molar-refractivity contribution in [1.29, 1.82) is 0 Å². The van der Waals surface area contributed by atoms with Crippen LogP contribution in [0.5, 0.6) is 0 Å². The highest BCUT2D eigenvalue weighted by Gasteiger charge is 2.23. The van der Waals surface area contributed by atoms with Crippen LogP contribution in [0.3, 0.4) is 0 Å². The fourth-order valence-corrected chi connectivity index (χ4v) is 9.44. The molecule has 13 rings (SSSR count). The van der Waals surface area contributed by atoms with Crippen LogP contribution in [0.25, 0.3) is 123 Å². The highest BCUT2D eigenvalue weighted by Crippen LogP contribution is 2.42. The highest BCUT2D eigenvalue weighted by molar-refractivity contribution is 6.26. The first-order chi connectivity index (χ1) is 33.7. The molecule has 0 spiro atoms. The number of hydrogen-bond donors (Lipinski definition) is 0. The Bertz CT molecular complexity index is 3920. The van der Waals surface area contributed by atoms with Crippen molar-refractivity contribution in [2.45, 2.75) is 0 Å². The molecule has 13 aromatic rings. The summed E-state index contributed by atoms with van der Waals surface area (Å²) >= 11 is 0. The van der Waals surface area contributed by atoms with E-state index in [1.807, 2.05) is 97.1 Å². The molecule has 0 bridgehead atoms. The Hall–Kier alpha value is -9.40. The molecule has 0 aliphatic carbocycles. The number of fused-ring (bicyclic) bond motifs is 7. The molecule has 4 heterocycles. The number of nitrogens with zero attached hydrogens (tertiary/aromatic N) is 8. The molecule has 9 aromatic carbocycles. The third-order valence-electron chi connectivity index (χ3n) is 12.7. The quantitative estimate of drug-likeness (QED) is 0.151. The lowest BCUT2D eigenvalue weighted by Gasteiger charge is -2.12. The SMILES string of the molecule is c1ccc(-c2ccc(-c3nc(-c4ccccc4)nc(-n4c5ccccc5c5c4ccc4c6ccccc6n(-c6ccc(-c7nc(-c8ccccc8)nc(-c8ccccc8)n7)cc6)c45)n3)cc2)cc1. The fraction of sp³-hybridized carbons (Fsp3) is 0. The number of para-hydroxylation sites is 2. The molecule has 4 aromatic heterocycles. The molecule has 8 nitrogen and oxygen atoms in total. The summed E-state index contributed by atoms with van der Waals surface area (Å²) in [6, 6.07) is 79.4. The molecular weight excluding hydrogens is 833 g/mol. The maximum absolute atomic E-state index is 5.28. The van der Waals surface area contributed by atoms with Crippen LogP contribution in [0.4, 0.5) is 0 Å². The van der Waals surface area contributed by atoms with E-state index in [2.05, 4.69) is 143 Å². The summed E-state index contributed by atoms with van der Waals surface area (Å²) in [5.74, 6) is 3.60. The van der Waals surface area contributed by atoms with E-state index in [-0.39, 0.29) is 0 Å². The molecule has 0 amide bonds. The van der Waals surface area contributed by atoms with Crippen LogP contribution in [0.15, 0.2) is 231 Å². The van der Waals surface area contributed by atoms with Gasteiger partial charge >= 0.3 is 0 Å². The zero-order valence-electron chi connectivity index (χ0n) is 36.5. The maximum Gasteiger partial charge on any atom is 0.238 e. The van der Waals surface area contributed by atoms with Gasteiger partial charge in [-0.3, -0.25) is 4.57 Å². The van der Waals surface area contributed by atoms with Crippen LogP contribution in [-0.4, -0.2) is 39.0 Å². The second-order valence-corrected chi connectivity index (χ2v) is 16.7. The molecule has 0 saturated heterocycles. The molecule has 68 heavy (non-hydrogen) atoms. The number of aromatic nitrogens is 8. The lowest BCUT2D eigenvalue weighted by atomic mass is 10.0. The zero-order valence-corrected chi connectivity index (χ0v) is 36.5. The minimum Gasteiger partial charge on any atom is -0.309 e. The third kappa shape index (κ3) is 6.70. The van der Waals surface area contributed by atoms with Crippen molar-refractivity contribution in [3.05, 3.63) is 231 Å². The van der Waals surface area contributed by atoms with Crippen LogP contribution in [0.1, 0.15) is 0 Å². The van der Waals surface area contributed by atoms with Crippen LogP contribution >= 0.6 is 0 Å². The summed E-state index contributed by atoms with van der Waals surface area (Å²) in [5.41, 5.74) is 12.0. The van der Waals surface area contributed by atoms with Crippen molar-refractivity contribution in [2.75, 3.05) is 0 Å². The topological polar surface area (TPSA) is 87.2 Å². The second-order valence-electron chi connectivity index (χ2n) is 16.7. The Morgan fingerprint density at radius 2 is 0.603 bits per heavy atom. The molecule has 0 unspecified atom stereocenters. The predicted molar refractivity (Wildman–Crippen MR) is 275 cm³/mol. The number of benzene rings is 9. The lowest BCUT2D eigenvalue weighted by Crippen LogP contribution is -2.06. The van der Waals surface area contributed by atoms with Gasteiger partial charge < -0.3 is 4.57 Å². The van der Waals surface area contributed by atoms with Gasteiger partial charge in [-0.05, 0) is 53.6 Å². The summed E-state index contributed by atoms with van der Waals surface area (Å²) < 4.78 is 4.58. The van der Waals surface area contributed by atoms with Crippen molar-refractivity contribution in [1.82, 2.24) is 39.0 Å². The summed E-state index contributed by atoms with van der Waals surface area (Å²) in [4.78, 5) is 30.6. The molecular formula is C60H38N8. The average molecular weight is 871 g/mol. The fourth-order valence-electron chi connectivity index (χ4n) is 9.44. The molecule has 0 aliphatic rings. The molecule has 0 fully saturated rings. The molecule has 8 heteroatoms. The molecule has 0 saturated carbocycles. The second kappa shape index (κ2) is 16.2. The van der Waals surface area contributed by atoms with Gasteiger partial charge in [-0.25, -0.2) is 19.9 Å². The van der Waals surface area contributed by atoms with Gasteiger partial charge in [-0.1, -0.05) is 188 Å². The Morgan fingerprint density at radius 3 is 1.12 bits per heavy atom. The minimum atomic E-state index is 0.542. The van der Waals surface area contributed by atoms with E-state index in [0.29, 0.717) is 35.1 Å². The molecule has 0 atom stereocenters. The smallest absolute Gasteiger partial charge is 0.238 e. The monoisotopic (exact) mass is 870 g/mol. The van der Waals surface area contributed by atoms with E-state index >= 15 is 0 Å². The Labute approximate surface area is 391 Å². The van der Waals surface area contributed by atoms with Crippen LogP contribution in [0, 0.1) is 0 Å². The molecule has 0 radical (unpaired) electrons. The van der Waals surface area contributed by atoms with Gasteiger partial charge in [0.2, 0.25) is 5.95 Å². The van der Waals surface area contributed by atoms with E-state index < -0.39 is 0 Å². The standard InChI is InChI=1S/C60H38N8/c1-5-17-39(18-6-1)40-29-31-44(32-30-40)59-64-58(43-23-11-4-12-24-43)65-60(66-59)68-51-28-16-14-26-49(51)53-52(68)38-37-48-47-25-13-15-27-50(47)67(54(48)53)46-35-33-45(34-36-46)57-62-55(41-19-7-2-8-20-41)61-56(63-57)42-21-9-3-10-22-42/h1-38H. The van der Waals surface area contributed by atoms with Gasteiger partial charge in [0.1, 0.15) is 0 Å². The Kier molecular flexibility index (Phi) is 9.31. The first kappa shape index (κ1) is 39.0. The van der Waals surface area contributed by atoms with Gasteiger partial charge in [0, 0.05) is 55.0 Å². The number of hydrogen-bond acceptors (Lipinski definition) is 6. The van der Waals surface area contributed by atoms with Crippen LogP contribution < -0.4 is 0 Å². The van der Waals surface area contributed by atoms with Crippen molar-refractivity contribution >= 4 is 43.6 Å². The maximum atomic E-state index is 5.28. The first-order valence-electron chi connectivity index (χ1n) is 22.6. The van der Waals surface area contributed by atoms with Crippen molar-refractivity contribution < 1.29 is 0 Å². The molecule has 0 N–H and O–H groups in total. The van der Waals surface area contributed by atoms with Gasteiger partial charge in [0.15, 0.2) is 29.1 Å². The lowest BCUT2D eigenvalue weighted by molar-refractivity contribution is 0.953. The first-order valence-corrected chi connectivity index (χ1v) is 22.6.